The lowest BCUT2D eigenvalue weighted by Gasteiger charge is -2.31. The molecule has 6 nitrogen and oxygen atoms in total. The molecule has 1 fully saturated rings. The third-order valence-electron chi connectivity index (χ3n) is 5.38. The first-order valence-electron chi connectivity index (χ1n) is 10.5. The van der Waals surface area contributed by atoms with Gasteiger partial charge in [0.25, 0.3) is 5.91 Å². The predicted octanol–water partition coefficient (Wildman–Crippen LogP) is 4.39. The maximum atomic E-state index is 13.1. The minimum atomic E-state index is -0.144. The van der Waals surface area contributed by atoms with E-state index in [0.717, 1.165) is 37.8 Å². The smallest absolute Gasteiger partial charge is 0.273 e. The topological polar surface area (TPSA) is 78.1 Å². The molecule has 1 aromatic heterocycles. The van der Waals surface area contributed by atoms with Crippen LogP contribution in [0.3, 0.4) is 0 Å². The highest BCUT2D eigenvalue weighted by Gasteiger charge is 2.31. The van der Waals surface area contributed by atoms with E-state index in [1.165, 1.54) is 12.8 Å². The number of unbranched alkanes of at least 4 members (excludes halogenated alkanes) is 3. The Morgan fingerprint density at radius 3 is 2.79 bits per heavy atom. The zero-order valence-corrected chi connectivity index (χ0v) is 18.5. The standard InChI is InChI=1S/C22H29BrN4O2/c1-2-3-4-8-13-24-21(28)17-12-9-14-27(15-17)22(29)20-18(23)19(25-26-20)16-10-6-5-7-11-16/h5-7,10-11,17H,2-4,8-9,12-15H2,1H3,(H,24,28)(H,25,26). The largest absolute Gasteiger partial charge is 0.356 e. The number of piperidine rings is 1. The molecule has 0 spiro atoms. The van der Waals surface area contributed by atoms with Crippen molar-refractivity contribution in [1.82, 2.24) is 20.4 Å². The second kappa shape index (κ2) is 10.6. The number of halogens is 1. The fraction of sp³-hybridized carbons (Fsp3) is 0.500. The minimum absolute atomic E-state index is 0.0626. The van der Waals surface area contributed by atoms with Gasteiger partial charge in [-0.3, -0.25) is 14.7 Å². The zero-order chi connectivity index (χ0) is 20.6. The van der Waals surface area contributed by atoms with Crippen molar-refractivity contribution in [3.8, 4) is 11.3 Å². The molecule has 2 heterocycles. The maximum Gasteiger partial charge on any atom is 0.273 e. The molecule has 7 heteroatoms. The number of aromatic amines is 1. The van der Waals surface area contributed by atoms with Gasteiger partial charge < -0.3 is 10.2 Å². The highest BCUT2D eigenvalue weighted by atomic mass is 79.9. The van der Waals surface area contributed by atoms with Crippen LogP contribution in [0.1, 0.15) is 55.9 Å². The van der Waals surface area contributed by atoms with E-state index in [4.69, 9.17) is 0 Å². The number of hydrogen-bond donors (Lipinski definition) is 2. The average molecular weight is 461 g/mol. The molecule has 0 aliphatic carbocycles. The van der Waals surface area contributed by atoms with Crippen LogP contribution in [0.15, 0.2) is 34.8 Å². The summed E-state index contributed by atoms with van der Waals surface area (Å²) in [4.78, 5) is 27.3. The summed E-state index contributed by atoms with van der Waals surface area (Å²) in [5, 5.41) is 10.2. The number of H-pyrrole nitrogens is 1. The van der Waals surface area contributed by atoms with Crippen molar-refractivity contribution in [2.45, 2.75) is 45.4 Å². The Labute approximate surface area is 180 Å². The van der Waals surface area contributed by atoms with Gasteiger partial charge in [0.2, 0.25) is 5.91 Å². The fourth-order valence-corrected chi connectivity index (χ4v) is 4.27. The number of amides is 2. The first-order valence-corrected chi connectivity index (χ1v) is 11.3. The molecule has 2 N–H and O–H groups in total. The Bertz CT molecular complexity index is 821. The Hall–Kier alpha value is -2.15. The maximum absolute atomic E-state index is 13.1. The van der Waals surface area contributed by atoms with Gasteiger partial charge in [-0.05, 0) is 35.2 Å². The number of nitrogens with one attached hydrogen (secondary N) is 2. The molecule has 29 heavy (non-hydrogen) atoms. The Balaban J connectivity index is 1.60. The molecular weight excluding hydrogens is 432 g/mol. The van der Waals surface area contributed by atoms with E-state index < -0.39 is 0 Å². The van der Waals surface area contributed by atoms with Gasteiger partial charge in [-0.15, -0.1) is 0 Å². The van der Waals surface area contributed by atoms with E-state index in [1.807, 2.05) is 30.3 Å². The summed E-state index contributed by atoms with van der Waals surface area (Å²) in [7, 11) is 0. The van der Waals surface area contributed by atoms with Crippen molar-refractivity contribution in [3.63, 3.8) is 0 Å². The van der Waals surface area contributed by atoms with Gasteiger partial charge in [-0.25, -0.2) is 0 Å². The van der Waals surface area contributed by atoms with Crippen LogP contribution in [-0.4, -0.2) is 46.5 Å². The summed E-state index contributed by atoms with van der Waals surface area (Å²) in [6.07, 6.45) is 6.19. The summed E-state index contributed by atoms with van der Waals surface area (Å²) in [6, 6.07) is 9.73. The van der Waals surface area contributed by atoms with Gasteiger partial charge >= 0.3 is 0 Å². The molecule has 1 saturated heterocycles. The van der Waals surface area contributed by atoms with E-state index in [9.17, 15) is 9.59 Å². The Kier molecular flexibility index (Phi) is 7.86. The third kappa shape index (κ3) is 5.47. The zero-order valence-electron chi connectivity index (χ0n) is 16.9. The SMILES string of the molecule is CCCCCCNC(=O)C1CCCN(C(=O)c2[nH]nc(-c3ccccc3)c2Br)C1. The molecule has 3 rings (SSSR count). The second-order valence-corrected chi connectivity index (χ2v) is 8.36. The van der Waals surface area contributed by atoms with Crippen molar-refractivity contribution in [2.75, 3.05) is 19.6 Å². The number of rotatable bonds is 8. The Morgan fingerprint density at radius 2 is 2.03 bits per heavy atom. The molecule has 156 valence electrons. The number of carbonyl (C=O) groups is 2. The van der Waals surface area contributed by atoms with Crippen LogP contribution in [-0.2, 0) is 4.79 Å². The van der Waals surface area contributed by atoms with Gasteiger partial charge in [-0.1, -0.05) is 56.5 Å². The van der Waals surface area contributed by atoms with E-state index in [-0.39, 0.29) is 17.7 Å². The van der Waals surface area contributed by atoms with Crippen molar-refractivity contribution < 1.29 is 9.59 Å². The molecule has 2 aromatic rings. The van der Waals surface area contributed by atoms with E-state index in [2.05, 4.69) is 38.4 Å². The number of nitrogens with zero attached hydrogens (tertiary/aromatic N) is 2. The van der Waals surface area contributed by atoms with Crippen molar-refractivity contribution >= 4 is 27.7 Å². The summed E-state index contributed by atoms with van der Waals surface area (Å²) in [5.74, 6) is -0.200. The fourth-order valence-electron chi connectivity index (χ4n) is 3.70. The normalized spacial score (nSPS) is 16.6. The summed E-state index contributed by atoms with van der Waals surface area (Å²) >= 11 is 3.53. The van der Waals surface area contributed by atoms with Crippen LogP contribution in [0.2, 0.25) is 0 Å². The molecular formula is C22H29BrN4O2. The molecule has 1 aliphatic rings. The molecule has 2 amide bonds. The third-order valence-corrected chi connectivity index (χ3v) is 6.15. The highest BCUT2D eigenvalue weighted by molar-refractivity contribution is 9.10. The van der Waals surface area contributed by atoms with Crippen molar-refractivity contribution in [3.05, 3.63) is 40.5 Å². The van der Waals surface area contributed by atoms with Crippen molar-refractivity contribution in [1.29, 1.82) is 0 Å². The van der Waals surface area contributed by atoms with Gasteiger partial charge in [0.05, 0.1) is 10.4 Å². The number of benzene rings is 1. The second-order valence-electron chi connectivity index (χ2n) is 7.57. The van der Waals surface area contributed by atoms with Gasteiger partial charge in [-0.2, -0.15) is 5.10 Å². The van der Waals surface area contributed by atoms with Crippen LogP contribution in [0.4, 0.5) is 0 Å². The van der Waals surface area contributed by atoms with Gasteiger partial charge in [0.15, 0.2) is 0 Å². The predicted molar refractivity (Wildman–Crippen MR) is 118 cm³/mol. The van der Waals surface area contributed by atoms with Crippen LogP contribution in [0.5, 0.6) is 0 Å². The summed E-state index contributed by atoms with van der Waals surface area (Å²) in [5.41, 5.74) is 2.09. The number of aromatic nitrogens is 2. The number of carbonyl (C=O) groups excluding carboxylic acids is 2. The number of hydrogen-bond acceptors (Lipinski definition) is 3. The van der Waals surface area contributed by atoms with E-state index in [1.54, 1.807) is 4.90 Å². The number of likely N-dealkylation sites (tertiary alicyclic amines) is 1. The van der Waals surface area contributed by atoms with E-state index in [0.29, 0.717) is 29.0 Å². The molecule has 1 aromatic carbocycles. The molecule has 0 bridgehead atoms. The lowest BCUT2D eigenvalue weighted by molar-refractivity contribution is -0.126. The molecule has 1 unspecified atom stereocenters. The average Bonchev–Trinajstić information content (AvgIpc) is 3.15. The minimum Gasteiger partial charge on any atom is -0.356 e. The van der Waals surface area contributed by atoms with Gasteiger partial charge in [0, 0.05) is 25.2 Å². The molecule has 1 aliphatic heterocycles. The van der Waals surface area contributed by atoms with Crippen LogP contribution in [0, 0.1) is 5.92 Å². The molecule has 1 atom stereocenters. The van der Waals surface area contributed by atoms with Crippen LogP contribution < -0.4 is 5.32 Å². The van der Waals surface area contributed by atoms with Crippen molar-refractivity contribution in [2.24, 2.45) is 5.92 Å². The first-order chi connectivity index (χ1) is 14.1. The van der Waals surface area contributed by atoms with Crippen LogP contribution in [0.25, 0.3) is 11.3 Å². The molecule has 0 saturated carbocycles. The molecule has 0 radical (unpaired) electrons. The Morgan fingerprint density at radius 1 is 1.24 bits per heavy atom. The lowest BCUT2D eigenvalue weighted by atomic mass is 9.96. The highest BCUT2D eigenvalue weighted by Crippen LogP contribution is 2.30. The summed E-state index contributed by atoms with van der Waals surface area (Å²) < 4.78 is 0.663. The lowest BCUT2D eigenvalue weighted by Crippen LogP contribution is -2.45. The quantitative estimate of drug-likeness (QED) is 0.573. The monoisotopic (exact) mass is 460 g/mol. The van der Waals surface area contributed by atoms with E-state index >= 15 is 0 Å². The van der Waals surface area contributed by atoms with Gasteiger partial charge in [0.1, 0.15) is 11.4 Å². The summed E-state index contributed by atoms with van der Waals surface area (Å²) in [6.45, 7) is 4.00. The van der Waals surface area contributed by atoms with Crippen LogP contribution >= 0.6 is 15.9 Å². The first kappa shape index (κ1) is 21.6.